The van der Waals surface area contributed by atoms with Gasteiger partial charge in [-0.1, -0.05) is 6.07 Å². The van der Waals surface area contributed by atoms with Crippen molar-refractivity contribution < 1.29 is 4.79 Å². The predicted molar refractivity (Wildman–Crippen MR) is 77.2 cm³/mol. The van der Waals surface area contributed by atoms with Gasteiger partial charge in [-0.3, -0.25) is 9.79 Å². The van der Waals surface area contributed by atoms with Crippen LogP contribution < -0.4 is 5.73 Å². The lowest BCUT2D eigenvalue weighted by atomic mass is 10.0. The molecule has 0 aliphatic carbocycles. The number of allylic oxidation sites excluding steroid dienone is 1. The first-order valence-corrected chi connectivity index (χ1v) is 6.35. The molecule has 0 atom stereocenters. The Bertz CT molecular complexity index is 694. The van der Waals surface area contributed by atoms with Crippen molar-refractivity contribution in [2.45, 2.75) is 12.8 Å². The highest BCUT2D eigenvalue weighted by atomic mass is 16.1. The van der Waals surface area contributed by atoms with Gasteiger partial charge in [0.25, 0.3) is 0 Å². The van der Waals surface area contributed by atoms with Crippen molar-refractivity contribution in [2.24, 2.45) is 10.7 Å². The fourth-order valence-electron chi connectivity index (χ4n) is 2.34. The normalized spacial score (nSPS) is 15.0. The maximum atomic E-state index is 11.4. The quantitative estimate of drug-likeness (QED) is 0.878. The number of rotatable bonds is 3. The molecule has 1 aliphatic heterocycles. The molecular weight excluding hydrogens is 238 g/mol. The molecular formula is C15H15N3O. The summed E-state index contributed by atoms with van der Waals surface area (Å²) in [7, 11) is 0. The summed E-state index contributed by atoms with van der Waals surface area (Å²) >= 11 is 0. The van der Waals surface area contributed by atoms with Gasteiger partial charge in [0.05, 0.1) is 5.70 Å². The molecule has 0 saturated heterocycles. The van der Waals surface area contributed by atoms with E-state index in [9.17, 15) is 4.79 Å². The number of aliphatic imine (C=N–C) groups is 1. The first-order chi connectivity index (χ1) is 9.28. The number of aromatic nitrogens is 1. The summed E-state index contributed by atoms with van der Waals surface area (Å²) in [6, 6.07) is 6.06. The third-order valence-electron chi connectivity index (χ3n) is 3.30. The number of hydrogen-bond acceptors (Lipinski definition) is 3. The average molecular weight is 253 g/mol. The zero-order valence-corrected chi connectivity index (χ0v) is 10.5. The minimum absolute atomic E-state index is 0.0985. The summed E-state index contributed by atoms with van der Waals surface area (Å²) < 4.78 is 0. The molecule has 0 fully saturated rings. The molecule has 4 nitrogen and oxygen atoms in total. The molecule has 4 heteroatoms. The van der Waals surface area contributed by atoms with E-state index in [1.165, 1.54) is 5.56 Å². The second kappa shape index (κ2) is 4.82. The number of hydrogen-bond donors (Lipinski definition) is 2. The van der Waals surface area contributed by atoms with Crippen molar-refractivity contribution in [3.63, 3.8) is 0 Å². The van der Waals surface area contributed by atoms with Crippen LogP contribution in [-0.2, 0) is 11.2 Å². The van der Waals surface area contributed by atoms with Crippen LogP contribution in [0.4, 0.5) is 0 Å². The van der Waals surface area contributed by atoms with E-state index in [0.717, 1.165) is 28.6 Å². The highest BCUT2D eigenvalue weighted by Gasteiger charge is 2.10. The van der Waals surface area contributed by atoms with Gasteiger partial charge in [0, 0.05) is 41.4 Å². The second-order valence-corrected chi connectivity index (χ2v) is 4.62. The van der Waals surface area contributed by atoms with Gasteiger partial charge in [0.15, 0.2) is 5.78 Å². The van der Waals surface area contributed by atoms with Crippen molar-refractivity contribution in [3.05, 3.63) is 41.6 Å². The number of nitrogens with zero attached hydrogens (tertiary/aromatic N) is 1. The number of nitrogens with one attached hydrogen (secondary N) is 1. The van der Waals surface area contributed by atoms with E-state index in [4.69, 9.17) is 5.73 Å². The van der Waals surface area contributed by atoms with Crippen LogP contribution >= 0.6 is 0 Å². The van der Waals surface area contributed by atoms with Crippen LogP contribution in [0.5, 0.6) is 0 Å². The van der Waals surface area contributed by atoms with Crippen LogP contribution in [0, 0.1) is 0 Å². The lowest BCUT2D eigenvalue weighted by Gasteiger charge is -2.06. The molecule has 1 aromatic carbocycles. The maximum absolute atomic E-state index is 11.4. The van der Waals surface area contributed by atoms with Gasteiger partial charge in [0.1, 0.15) is 0 Å². The SMILES string of the molecule is NCCc1c[nH]c2ccc(C3=CC(=O)CC=N3)cc12. The molecule has 0 saturated carbocycles. The first-order valence-electron chi connectivity index (χ1n) is 6.35. The fourth-order valence-corrected chi connectivity index (χ4v) is 2.34. The summed E-state index contributed by atoms with van der Waals surface area (Å²) in [5.74, 6) is 0.0985. The molecule has 3 rings (SSSR count). The van der Waals surface area contributed by atoms with Crippen molar-refractivity contribution in [1.29, 1.82) is 0 Å². The lowest BCUT2D eigenvalue weighted by molar-refractivity contribution is -0.113. The van der Waals surface area contributed by atoms with E-state index in [1.807, 2.05) is 18.3 Å². The van der Waals surface area contributed by atoms with E-state index in [2.05, 4.69) is 16.0 Å². The Morgan fingerprint density at radius 2 is 2.26 bits per heavy atom. The summed E-state index contributed by atoms with van der Waals surface area (Å²) in [6.07, 6.45) is 6.50. The highest BCUT2D eigenvalue weighted by Crippen LogP contribution is 2.25. The van der Waals surface area contributed by atoms with Crippen LogP contribution in [0.2, 0.25) is 0 Å². The molecule has 3 N–H and O–H groups in total. The van der Waals surface area contributed by atoms with Gasteiger partial charge in [-0.15, -0.1) is 0 Å². The number of nitrogens with two attached hydrogens (primary N) is 1. The summed E-state index contributed by atoms with van der Waals surface area (Å²) in [4.78, 5) is 19.0. The average Bonchev–Trinajstić information content (AvgIpc) is 2.82. The molecule has 0 bridgehead atoms. The van der Waals surface area contributed by atoms with Gasteiger partial charge in [-0.25, -0.2) is 0 Å². The molecule has 2 aromatic rings. The minimum Gasteiger partial charge on any atom is -0.361 e. The number of fused-ring (bicyclic) bond motifs is 1. The van der Waals surface area contributed by atoms with Crippen molar-refractivity contribution in [2.75, 3.05) is 6.54 Å². The Morgan fingerprint density at radius 3 is 3.05 bits per heavy atom. The van der Waals surface area contributed by atoms with Crippen LogP contribution in [0.3, 0.4) is 0 Å². The number of aromatic amines is 1. The predicted octanol–water partition coefficient (Wildman–Crippen LogP) is 2.05. The highest BCUT2D eigenvalue weighted by molar-refractivity contribution is 6.07. The van der Waals surface area contributed by atoms with Crippen LogP contribution in [0.25, 0.3) is 16.6 Å². The zero-order valence-electron chi connectivity index (χ0n) is 10.5. The third-order valence-corrected chi connectivity index (χ3v) is 3.30. The molecule has 0 spiro atoms. The monoisotopic (exact) mass is 253 g/mol. The summed E-state index contributed by atoms with van der Waals surface area (Å²) in [6.45, 7) is 0.622. The molecule has 19 heavy (non-hydrogen) atoms. The third kappa shape index (κ3) is 2.22. The van der Waals surface area contributed by atoms with Crippen LogP contribution in [0.1, 0.15) is 17.5 Å². The number of carbonyl (C=O) groups excluding carboxylic acids is 1. The fraction of sp³-hybridized carbons (Fsp3) is 0.200. The molecule has 0 amide bonds. The maximum Gasteiger partial charge on any atom is 0.163 e. The van der Waals surface area contributed by atoms with Gasteiger partial charge in [-0.05, 0) is 30.7 Å². The van der Waals surface area contributed by atoms with Crippen molar-refractivity contribution >= 4 is 28.6 Å². The molecule has 2 heterocycles. The topological polar surface area (TPSA) is 71.2 Å². The Morgan fingerprint density at radius 1 is 1.37 bits per heavy atom. The van der Waals surface area contributed by atoms with Crippen LogP contribution in [0.15, 0.2) is 35.5 Å². The number of benzene rings is 1. The van der Waals surface area contributed by atoms with E-state index in [0.29, 0.717) is 13.0 Å². The Balaban J connectivity index is 2.07. The van der Waals surface area contributed by atoms with Gasteiger partial charge < -0.3 is 10.7 Å². The first kappa shape index (κ1) is 11.9. The second-order valence-electron chi connectivity index (χ2n) is 4.62. The summed E-state index contributed by atoms with van der Waals surface area (Å²) in [5.41, 5.74) is 9.60. The van der Waals surface area contributed by atoms with Gasteiger partial charge in [-0.2, -0.15) is 0 Å². The molecule has 0 unspecified atom stereocenters. The van der Waals surface area contributed by atoms with E-state index in [1.54, 1.807) is 12.3 Å². The van der Waals surface area contributed by atoms with Crippen LogP contribution in [-0.4, -0.2) is 23.5 Å². The molecule has 1 aliphatic rings. The van der Waals surface area contributed by atoms with Crippen molar-refractivity contribution in [1.82, 2.24) is 4.98 Å². The number of ketones is 1. The lowest BCUT2D eigenvalue weighted by Crippen LogP contribution is -2.02. The molecule has 1 aromatic heterocycles. The minimum atomic E-state index is 0.0985. The van der Waals surface area contributed by atoms with E-state index in [-0.39, 0.29) is 5.78 Å². The van der Waals surface area contributed by atoms with E-state index >= 15 is 0 Å². The van der Waals surface area contributed by atoms with E-state index < -0.39 is 0 Å². The Hall–Kier alpha value is -2.20. The Kier molecular flexibility index (Phi) is 3.01. The standard InChI is InChI=1S/C15H15N3O/c16-5-3-11-9-18-14-2-1-10(7-13(11)14)15-8-12(19)4-6-17-15/h1-2,6-9,18H,3-5,16H2. The molecule has 0 radical (unpaired) electrons. The van der Waals surface area contributed by atoms with Gasteiger partial charge >= 0.3 is 0 Å². The largest absolute Gasteiger partial charge is 0.361 e. The number of H-pyrrole nitrogens is 1. The summed E-state index contributed by atoms with van der Waals surface area (Å²) in [5, 5.41) is 1.15. The Labute approximate surface area is 111 Å². The molecule has 96 valence electrons. The van der Waals surface area contributed by atoms with Crippen molar-refractivity contribution in [3.8, 4) is 0 Å². The van der Waals surface area contributed by atoms with Gasteiger partial charge in [0.2, 0.25) is 0 Å². The number of carbonyl (C=O) groups is 1. The zero-order chi connectivity index (χ0) is 13.2. The smallest absolute Gasteiger partial charge is 0.163 e.